The second-order valence-electron chi connectivity index (χ2n) is 9.02. The maximum atomic E-state index is 13.6. The zero-order valence-electron chi connectivity index (χ0n) is 17.1. The largest absolute Gasteiger partial charge is 0.324 e. The molecular weight excluding hydrogens is 442 g/mol. The number of hydrogen-bond donors (Lipinski definition) is 2. The van der Waals surface area contributed by atoms with E-state index in [4.69, 9.17) is 28.5 Å². The minimum absolute atomic E-state index is 0.0116. The number of nitrogens with zero attached hydrogens (tertiary/aromatic N) is 2. The van der Waals surface area contributed by atoms with E-state index >= 15 is 0 Å². The number of benzene rings is 1. The molecule has 0 radical (unpaired) electrons. The normalized spacial score (nSPS) is 32.0. The van der Waals surface area contributed by atoms with Gasteiger partial charge in [-0.2, -0.15) is 5.26 Å². The summed E-state index contributed by atoms with van der Waals surface area (Å²) in [5.74, 6) is -0.261. The third-order valence-electron chi connectivity index (χ3n) is 7.24. The van der Waals surface area contributed by atoms with E-state index in [9.17, 15) is 14.0 Å². The Morgan fingerprint density at radius 2 is 1.87 bits per heavy atom. The van der Waals surface area contributed by atoms with Crippen molar-refractivity contribution < 1.29 is 14.0 Å². The van der Waals surface area contributed by atoms with Gasteiger partial charge in [0.2, 0.25) is 11.8 Å². The summed E-state index contributed by atoms with van der Waals surface area (Å²) in [4.78, 5) is 27.0. The van der Waals surface area contributed by atoms with E-state index in [1.54, 1.807) is 18.2 Å². The lowest BCUT2D eigenvalue weighted by molar-refractivity contribution is -0.135. The summed E-state index contributed by atoms with van der Waals surface area (Å²) in [6.07, 6.45) is 3.49. The number of halogens is 3. The Bertz CT molecular complexity index is 910. The summed E-state index contributed by atoms with van der Waals surface area (Å²) in [5, 5.41) is 16.4. The third-order valence-corrected chi connectivity index (χ3v) is 7.79. The van der Waals surface area contributed by atoms with Crippen LogP contribution in [0.5, 0.6) is 0 Å². The van der Waals surface area contributed by atoms with Crippen LogP contribution in [-0.2, 0) is 9.59 Å². The number of fused-ring (bicyclic) bond motifs is 3. The number of likely N-dealkylation sites (tertiary alicyclic amines) is 1. The molecule has 1 aromatic rings. The Morgan fingerprint density at radius 1 is 1.19 bits per heavy atom. The molecule has 9 heteroatoms. The van der Waals surface area contributed by atoms with E-state index in [1.807, 2.05) is 6.07 Å². The van der Waals surface area contributed by atoms with Gasteiger partial charge in [-0.3, -0.25) is 9.59 Å². The number of carbonyl (C=O) groups excluding carboxylic acids is 2. The molecule has 3 saturated carbocycles. The molecule has 4 fully saturated rings. The second kappa shape index (κ2) is 8.57. The zero-order valence-corrected chi connectivity index (χ0v) is 18.6. The molecule has 166 valence electrons. The van der Waals surface area contributed by atoms with Crippen LogP contribution in [0.1, 0.15) is 44.9 Å². The fourth-order valence-electron chi connectivity index (χ4n) is 5.18. The number of alkyl halides is 1. The first-order valence-corrected chi connectivity index (χ1v) is 11.4. The van der Waals surface area contributed by atoms with E-state index in [1.165, 1.54) is 4.90 Å². The highest BCUT2D eigenvalue weighted by molar-refractivity contribution is 6.36. The maximum absolute atomic E-state index is 13.6. The van der Waals surface area contributed by atoms with Crippen molar-refractivity contribution in [1.82, 2.24) is 10.2 Å². The third kappa shape index (κ3) is 4.39. The lowest BCUT2D eigenvalue weighted by Gasteiger charge is -2.52. The van der Waals surface area contributed by atoms with Crippen molar-refractivity contribution in [3.63, 3.8) is 0 Å². The van der Waals surface area contributed by atoms with E-state index in [-0.39, 0.29) is 36.9 Å². The quantitative estimate of drug-likeness (QED) is 0.684. The minimum atomic E-state index is -1.13. The van der Waals surface area contributed by atoms with Crippen LogP contribution in [0.15, 0.2) is 18.2 Å². The predicted molar refractivity (Wildman–Crippen MR) is 117 cm³/mol. The Hall–Kier alpha value is -1.88. The Labute approximate surface area is 191 Å². The molecule has 2 amide bonds. The SMILES string of the molecule is N#C[C@@H]1C[C@H](F)CN1C(=O)CNC12CCC(C(=O)Nc3ccc(Cl)cc3Cl)(CC1)CC2. The molecule has 0 unspecified atom stereocenters. The van der Waals surface area contributed by atoms with Crippen molar-refractivity contribution in [2.75, 3.05) is 18.4 Å². The number of nitrogens with one attached hydrogen (secondary N) is 2. The lowest BCUT2D eigenvalue weighted by atomic mass is 9.57. The van der Waals surface area contributed by atoms with Crippen LogP contribution in [-0.4, -0.2) is 47.6 Å². The molecule has 0 aromatic heterocycles. The summed E-state index contributed by atoms with van der Waals surface area (Å²) in [6.45, 7) is 0.0761. The predicted octanol–water partition coefficient (Wildman–Crippen LogP) is 4.08. The number of amides is 2. The van der Waals surface area contributed by atoms with Crippen LogP contribution in [0.4, 0.5) is 10.1 Å². The summed E-state index contributed by atoms with van der Waals surface area (Å²) < 4.78 is 13.6. The van der Waals surface area contributed by atoms with Gasteiger partial charge < -0.3 is 15.5 Å². The first-order chi connectivity index (χ1) is 14.8. The molecular formula is C22H25Cl2FN4O2. The average Bonchev–Trinajstić information content (AvgIpc) is 3.16. The highest BCUT2D eigenvalue weighted by Crippen LogP contribution is 2.53. The molecule has 1 saturated heterocycles. The van der Waals surface area contributed by atoms with Crippen molar-refractivity contribution in [2.24, 2.45) is 5.41 Å². The highest BCUT2D eigenvalue weighted by Gasteiger charge is 2.52. The number of hydrogen-bond acceptors (Lipinski definition) is 4. The van der Waals surface area contributed by atoms with Crippen molar-refractivity contribution in [3.05, 3.63) is 28.2 Å². The Balaban J connectivity index is 1.34. The number of rotatable bonds is 5. The second-order valence-corrected chi connectivity index (χ2v) is 9.86. The summed E-state index contributed by atoms with van der Waals surface area (Å²) in [7, 11) is 0. The molecule has 5 rings (SSSR count). The monoisotopic (exact) mass is 466 g/mol. The molecule has 3 aliphatic carbocycles. The average molecular weight is 467 g/mol. The van der Waals surface area contributed by atoms with Gasteiger partial charge in [-0.25, -0.2) is 4.39 Å². The van der Waals surface area contributed by atoms with Crippen LogP contribution in [0.3, 0.4) is 0 Å². The summed E-state index contributed by atoms with van der Waals surface area (Å²) in [6, 6.07) is 6.33. The van der Waals surface area contributed by atoms with Gasteiger partial charge in [-0.15, -0.1) is 0 Å². The maximum Gasteiger partial charge on any atom is 0.237 e. The smallest absolute Gasteiger partial charge is 0.237 e. The highest BCUT2D eigenvalue weighted by atomic mass is 35.5. The standard InChI is InChI=1S/C22H25Cl2FN4O2/c23-14-1-2-18(17(24)9-14)28-20(31)21-3-6-22(7-4-21,8-5-21)27-12-19(30)29-13-15(25)10-16(29)11-26/h1-2,9,15-16,27H,3-8,10,12-13H2,(H,28,31)/t15-,16-,21?,22?/m0/s1. The van der Waals surface area contributed by atoms with Gasteiger partial charge in [0.25, 0.3) is 0 Å². The van der Waals surface area contributed by atoms with Gasteiger partial charge >= 0.3 is 0 Å². The molecule has 2 atom stereocenters. The molecule has 2 N–H and O–H groups in total. The molecule has 1 aromatic carbocycles. The number of carbonyl (C=O) groups is 2. The van der Waals surface area contributed by atoms with Crippen LogP contribution >= 0.6 is 23.2 Å². The molecule has 31 heavy (non-hydrogen) atoms. The topological polar surface area (TPSA) is 85.2 Å². The van der Waals surface area contributed by atoms with Crippen molar-refractivity contribution in [3.8, 4) is 6.07 Å². The number of nitriles is 1. The zero-order chi connectivity index (χ0) is 22.2. The molecule has 6 nitrogen and oxygen atoms in total. The van der Waals surface area contributed by atoms with Crippen LogP contribution < -0.4 is 10.6 Å². The minimum Gasteiger partial charge on any atom is -0.324 e. The van der Waals surface area contributed by atoms with Gasteiger partial charge in [0.1, 0.15) is 12.2 Å². The van der Waals surface area contributed by atoms with Gasteiger partial charge in [-0.05, 0) is 56.7 Å². The van der Waals surface area contributed by atoms with E-state index < -0.39 is 17.6 Å². The fourth-order valence-corrected chi connectivity index (χ4v) is 5.64. The van der Waals surface area contributed by atoms with Crippen LogP contribution in [0.2, 0.25) is 10.0 Å². The van der Waals surface area contributed by atoms with Crippen molar-refractivity contribution in [2.45, 2.75) is 62.7 Å². The summed E-state index contributed by atoms with van der Waals surface area (Å²) >= 11 is 12.1. The molecule has 2 bridgehead atoms. The van der Waals surface area contributed by atoms with E-state index in [0.717, 1.165) is 38.5 Å². The first-order valence-electron chi connectivity index (χ1n) is 10.6. The Kier molecular flexibility index (Phi) is 6.17. The molecule has 0 spiro atoms. The van der Waals surface area contributed by atoms with Gasteiger partial charge in [0.15, 0.2) is 0 Å². The molecule has 1 aliphatic heterocycles. The number of anilines is 1. The summed E-state index contributed by atoms with van der Waals surface area (Å²) in [5.41, 5.74) is -0.0638. The first kappa shape index (κ1) is 22.3. The Morgan fingerprint density at radius 3 is 2.48 bits per heavy atom. The van der Waals surface area contributed by atoms with Crippen molar-refractivity contribution in [1.29, 1.82) is 5.26 Å². The van der Waals surface area contributed by atoms with Gasteiger partial charge in [0, 0.05) is 22.4 Å². The van der Waals surface area contributed by atoms with Crippen molar-refractivity contribution >= 4 is 40.7 Å². The fraction of sp³-hybridized carbons (Fsp3) is 0.591. The van der Waals surface area contributed by atoms with E-state index in [2.05, 4.69) is 10.6 Å². The van der Waals surface area contributed by atoms with Gasteiger partial charge in [0.05, 0.1) is 29.9 Å². The lowest BCUT2D eigenvalue weighted by Crippen LogP contribution is -2.59. The van der Waals surface area contributed by atoms with Crippen LogP contribution in [0, 0.1) is 16.7 Å². The molecule has 1 heterocycles. The van der Waals surface area contributed by atoms with Gasteiger partial charge in [-0.1, -0.05) is 23.2 Å². The van der Waals surface area contributed by atoms with E-state index in [0.29, 0.717) is 15.7 Å². The molecule has 4 aliphatic rings. The van der Waals surface area contributed by atoms with Crippen LogP contribution in [0.25, 0.3) is 0 Å².